The van der Waals surface area contributed by atoms with Crippen LogP contribution in [0.25, 0.3) is 6.08 Å². The molecule has 1 N–H and O–H groups in total. The van der Waals surface area contributed by atoms with Crippen molar-refractivity contribution in [3.63, 3.8) is 0 Å². The molecule has 0 saturated heterocycles. The van der Waals surface area contributed by atoms with Crippen LogP contribution in [0.5, 0.6) is 23.0 Å². The Morgan fingerprint density at radius 3 is 2.32 bits per heavy atom. The van der Waals surface area contributed by atoms with Crippen molar-refractivity contribution in [2.75, 3.05) is 14.2 Å². The predicted molar refractivity (Wildman–Crippen MR) is 82.3 cm³/mol. The van der Waals surface area contributed by atoms with Crippen LogP contribution in [0.3, 0.4) is 0 Å². The lowest BCUT2D eigenvalue weighted by Gasteiger charge is -2.10. The van der Waals surface area contributed by atoms with Crippen LogP contribution < -0.4 is 14.2 Å². The zero-order chi connectivity index (χ0) is 15.9. The van der Waals surface area contributed by atoms with E-state index in [2.05, 4.69) is 0 Å². The largest absolute Gasteiger partial charge is 0.504 e. The summed E-state index contributed by atoms with van der Waals surface area (Å²) in [7, 11) is 2.98. The first-order chi connectivity index (χ1) is 10.7. The van der Waals surface area contributed by atoms with E-state index < -0.39 is 0 Å². The molecule has 22 heavy (non-hydrogen) atoms. The topological polar surface area (TPSA) is 65.0 Å². The van der Waals surface area contributed by atoms with Gasteiger partial charge in [-0.3, -0.25) is 4.79 Å². The average molecular weight is 300 g/mol. The van der Waals surface area contributed by atoms with Crippen molar-refractivity contribution >= 4 is 12.4 Å². The summed E-state index contributed by atoms with van der Waals surface area (Å²) >= 11 is 0. The van der Waals surface area contributed by atoms with Gasteiger partial charge in [-0.15, -0.1) is 0 Å². The molecule has 0 amide bonds. The van der Waals surface area contributed by atoms with Crippen LogP contribution in [0.1, 0.15) is 5.56 Å². The van der Waals surface area contributed by atoms with Gasteiger partial charge in [-0.2, -0.15) is 0 Å². The number of hydrogen-bond acceptors (Lipinski definition) is 5. The van der Waals surface area contributed by atoms with Crippen molar-refractivity contribution in [2.24, 2.45) is 0 Å². The number of phenolic OH excluding ortho intramolecular Hbond substituents is 1. The number of aromatic hydroxyl groups is 1. The summed E-state index contributed by atoms with van der Waals surface area (Å²) in [6.07, 6.45) is 2.15. The van der Waals surface area contributed by atoms with Crippen molar-refractivity contribution < 1.29 is 24.1 Å². The molecular weight excluding hydrogens is 284 g/mol. The maximum Gasteiger partial charge on any atom is 0.185 e. The van der Waals surface area contributed by atoms with E-state index in [9.17, 15) is 9.90 Å². The molecule has 0 saturated carbocycles. The number of allylic oxidation sites excluding steroid dienone is 1. The molecule has 5 heteroatoms. The zero-order valence-electron chi connectivity index (χ0n) is 12.3. The first-order valence-corrected chi connectivity index (χ1v) is 6.52. The molecule has 2 rings (SSSR count). The molecule has 0 aliphatic rings. The first kappa shape index (κ1) is 15.4. The van der Waals surface area contributed by atoms with Gasteiger partial charge in [0.05, 0.1) is 14.2 Å². The summed E-state index contributed by atoms with van der Waals surface area (Å²) in [6, 6.07) is 11.8. The minimum absolute atomic E-state index is 0.0259. The minimum atomic E-state index is 0.0259. The lowest BCUT2D eigenvalue weighted by atomic mass is 10.2. The summed E-state index contributed by atoms with van der Waals surface area (Å²) in [5.74, 6) is 1.42. The lowest BCUT2D eigenvalue weighted by molar-refractivity contribution is -0.106. The van der Waals surface area contributed by atoms with Crippen LogP contribution in [0.4, 0.5) is 0 Å². The summed E-state index contributed by atoms with van der Waals surface area (Å²) in [4.78, 5) is 11.2. The smallest absolute Gasteiger partial charge is 0.185 e. The average Bonchev–Trinajstić information content (AvgIpc) is 2.56. The highest BCUT2D eigenvalue weighted by molar-refractivity contribution is 5.80. The third-order valence-corrected chi connectivity index (χ3v) is 2.93. The monoisotopic (exact) mass is 300 g/mol. The highest BCUT2D eigenvalue weighted by Crippen LogP contribution is 2.29. The number of carbonyl (C=O) groups is 1. The third kappa shape index (κ3) is 3.58. The van der Waals surface area contributed by atoms with Gasteiger partial charge in [-0.05, 0) is 35.9 Å². The molecule has 0 heterocycles. The van der Waals surface area contributed by atoms with Crippen molar-refractivity contribution in [1.82, 2.24) is 0 Å². The number of hydrogen-bond donors (Lipinski definition) is 1. The molecule has 5 nitrogen and oxygen atoms in total. The van der Waals surface area contributed by atoms with Gasteiger partial charge in [0.25, 0.3) is 0 Å². The van der Waals surface area contributed by atoms with E-state index in [1.807, 2.05) is 0 Å². The van der Waals surface area contributed by atoms with Crippen LogP contribution in [-0.2, 0) is 4.79 Å². The first-order valence-electron chi connectivity index (χ1n) is 6.52. The summed E-state index contributed by atoms with van der Waals surface area (Å²) in [5, 5.41) is 9.57. The molecular formula is C17H16O5. The molecule has 2 aromatic rings. The van der Waals surface area contributed by atoms with Crippen molar-refractivity contribution in [1.29, 1.82) is 0 Å². The zero-order valence-corrected chi connectivity index (χ0v) is 12.3. The molecule has 0 aliphatic heterocycles. The summed E-state index contributed by atoms with van der Waals surface area (Å²) in [5.41, 5.74) is 0.659. The number of phenols is 1. The second-order valence-corrected chi connectivity index (χ2v) is 4.35. The normalized spacial score (nSPS) is 10.9. The van der Waals surface area contributed by atoms with Gasteiger partial charge in [0, 0.05) is 0 Å². The fourth-order valence-corrected chi connectivity index (χ4v) is 1.87. The fourth-order valence-electron chi connectivity index (χ4n) is 1.87. The van der Waals surface area contributed by atoms with Crippen LogP contribution in [0.15, 0.2) is 48.2 Å². The van der Waals surface area contributed by atoms with Crippen LogP contribution in [0, 0.1) is 0 Å². The van der Waals surface area contributed by atoms with Gasteiger partial charge in [-0.25, -0.2) is 0 Å². The standard InChI is InChI=1S/C17H16O5/c1-20-15-5-3-4-6-16(15)22-13(11-18)9-12-7-8-14(19)17(10-12)21-2/h3-11,19H,1-2H3/b13-9-. The molecule has 0 atom stereocenters. The van der Waals surface area contributed by atoms with Crippen LogP contribution in [0.2, 0.25) is 0 Å². The van der Waals surface area contributed by atoms with Gasteiger partial charge < -0.3 is 19.3 Å². The molecule has 0 fully saturated rings. The maximum absolute atomic E-state index is 11.2. The molecule has 0 aliphatic carbocycles. The van der Waals surface area contributed by atoms with Gasteiger partial charge in [-0.1, -0.05) is 18.2 Å². The van der Waals surface area contributed by atoms with Gasteiger partial charge >= 0.3 is 0 Å². The molecule has 0 radical (unpaired) electrons. The van der Waals surface area contributed by atoms with E-state index in [4.69, 9.17) is 14.2 Å². The SMILES string of the molecule is COc1cc(/C=C(/C=O)Oc2ccccc2OC)ccc1O. The van der Waals surface area contributed by atoms with Gasteiger partial charge in [0.15, 0.2) is 35.0 Å². The van der Waals surface area contributed by atoms with E-state index in [0.717, 1.165) is 0 Å². The number of methoxy groups -OCH3 is 2. The van der Waals surface area contributed by atoms with E-state index >= 15 is 0 Å². The number of para-hydroxylation sites is 2. The molecule has 0 spiro atoms. The third-order valence-electron chi connectivity index (χ3n) is 2.93. The number of rotatable bonds is 6. The molecule has 0 unspecified atom stereocenters. The predicted octanol–water partition coefficient (Wildman–Crippen LogP) is 3.03. The van der Waals surface area contributed by atoms with Crippen molar-refractivity contribution in [3.05, 3.63) is 53.8 Å². The quantitative estimate of drug-likeness (QED) is 0.504. The Morgan fingerprint density at radius 2 is 1.68 bits per heavy atom. The fraction of sp³-hybridized carbons (Fsp3) is 0.118. The Kier molecular flexibility index (Phi) is 5.03. The number of aldehydes is 1. The molecule has 114 valence electrons. The maximum atomic E-state index is 11.2. The Balaban J connectivity index is 2.29. The Labute approximate surface area is 128 Å². The van der Waals surface area contributed by atoms with Crippen molar-refractivity contribution in [3.8, 4) is 23.0 Å². The summed E-state index contributed by atoms with van der Waals surface area (Å²) < 4.78 is 15.8. The number of ether oxygens (including phenoxy) is 3. The second kappa shape index (κ2) is 7.17. The highest BCUT2D eigenvalue weighted by atomic mass is 16.5. The van der Waals surface area contributed by atoms with E-state index in [0.29, 0.717) is 29.1 Å². The highest BCUT2D eigenvalue weighted by Gasteiger charge is 2.07. The van der Waals surface area contributed by atoms with E-state index in [1.165, 1.54) is 20.3 Å². The number of carbonyl (C=O) groups excluding carboxylic acids is 1. The minimum Gasteiger partial charge on any atom is -0.504 e. The van der Waals surface area contributed by atoms with Crippen LogP contribution >= 0.6 is 0 Å². The molecule has 2 aromatic carbocycles. The Bertz CT molecular complexity index is 691. The lowest BCUT2D eigenvalue weighted by Crippen LogP contribution is -1.98. The molecule has 0 bridgehead atoms. The second-order valence-electron chi connectivity index (χ2n) is 4.35. The molecule has 0 aromatic heterocycles. The van der Waals surface area contributed by atoms with Crippen LogP contribution in [-0.4, -0.2) is 25.6 Å². The van der Waals surface area contributed by atoms with Crippen molar-refractivity contribution in [2.45, 2.75) is 0 Å². The van der Waals surface area contributed by atoms with Gasteiger partial charge in [0.2, 0.25) is 0 Å². The Hall–Kier alpha value is -2.95. The summed E-state index contributed by atoms with van der Waals surface area (Å²) in [6.45, 7) is 0. The van der Waals surface area contributed by atoms with E-state index in [1.54, 1.807) is 42.5 Å². The number of benzene rings is 2. The van der Waals surface area contributed by atoms with Gasteiger partial charge in [0.1, 0.15) is 0 Å². The van der Waals surface area contributed by atoms with E-state index in [-0.39, 0.29) is 11.5 Å². The Morgan fingerprint density at radius 1 is 1.00 bits per heavy atom.